The molecule has 0 bridgehead atoms. The molecule has 4 nitrogen and oxygen atoms in total. The smallest absolute Gasteiger partial charge is 0.260 e. The summed E-state index contributed by atoms with van der Waals surface area (Å²) in [5.74, 6) is 0. The van der Waals surface area contributed by atoms with E-state index in [9.17, 15) is 0 Å². The predicted molar refractivity (Wildman–Crippen MR) is 64.5 cm³/mol. The predicted octanol–water partition coefficient (Wildman–Crippen LogP) is 2.42. The van der Waals surface area contributed by atoms with Gasteiger partial charge >= 0.3 is 0 Å². The summed E-state index contributed by atoms with van der Waals surface area (Å²) < 4.78 is 5.14. The van der Waals surface area contributed by atoms with Crippen LogP contribution in [0.15, 0.2) is 45.2 Å². The largest absolute Gasteiger partial charge is 0.440 e. The van der Waals surface area contributed by atoms with Gasteiger partial charge in [-0.2, -0.15) is 5.26 Å². The van der Waals surface area contributed by atoms with Crippen LogP contribution in [0.4, 0.5) is 0 Å². The van der Waals surface area contributed by atoms with Crippen molar-refractivity contribution in [3.63, 3.8) is 0 Å². The molecule has 0 spiro atoms. The Hall–Kier alpha value is -1.77. The van der Waals surface area contributed by atoms with Crippen LogP contribution in [-0.4, -0.2) is 12.0 Å². The van der Waals surface area contributed by atoms with Crippen LogP contribution < -0.4 is 5.32 Å². The zero-order chi connectivity index (χ0) is 12.1. The van der Waals surface area contributed by atoms with Crippen LogP contribution in [0, 0.1) is 11.3 Å². The van der Waals surface area contributed by atoms with Crippen molar-refractivity contribution in [2.24, 2.45) is 0 Å². The number of rotatable bonds is 4. The zero-order valence-corrected chi connectivity index (χ0v) is 10.1. The molecule has 0 saturated heterocycles. The molecule has 0 fully saturated rings. The molecule has 1 aromatic heterocycles. The molecule has 0 atom stereocenters. The normalized spacial score (nSPS) is 10.1. The number of oxazole rings is 1. The molecule has 2 rings (SSSR count). The van der Waals surface area contributed by atoms with Gasteiger partial charge in [-0.1, -0.05) is 6.07 Å². The van der Waals surface area contributed by atoms with Crippen molar-refractivity contribution >= 4 is 11.8 Å². The molecule has 0 aliphatic rings. The van der Waals surface area contributed by atoms with E-state index in [0.29, 0.717) is 10.8 Å². The van der Waals surface area contributed by atoms with E-state index in [-0.39, 0.29) is 0 Å². The van der Waals surface area contributed by atoms with Gasteiger partial charge in [0.2, 0.25) is 0 Å². The third-order valence-corrected chi connectivity index (χ3v) is 3.10. The highest BCUT2D eigenvalue weighted by Gasteiger charge is 2.07. The third-order valence-electron chi connectivity index (χ3n) is 2.15. The number of aromatic nitrogens is 1. The summed E-state index contributed by atoms with van der Waals surface area (Å²) in [6.07, 6.45) is 3.10. The van der Waals surface area contributed by atoms with Crippen LogP contribution in [0.3, 0.4) is 0 Å². The molecule has 2 aromatic rings. The van der Waals surface area contributed by atoms with E-state index in [2.05, 4.69) is 16.4 Å². The standard InChI is InChI=1S/C12H11N3OS/c1-14-8-9-2-3-11(10(6-9)7-13)17-12-15-4-5-16-12/h2-6,14H,8H2,1H3. The van der Waals surface area contributed by atoms with E-state index in [1.165, 1.54) is 18.0 Å². The highest BCUT2D eigenvalue weighted by molar-refractivity contribution is 7.99. The lowest BCUT2D eigenvalue weighted by Gasteiger charge is -2.04. The molecule has 0 radical (unpaired) electrons. The minimum Gasteiger partial charge on any atom is -0.440 e. The molecule has 1 aromatic carbocycles. The lowest BCUT2D eigenvalue weighted by Crippen LogP contribution is -2.05. The summed E-state index contributed by atoms with van der Waals surface area (Å²) in [4.78, 5) is 4.88. The highest BCUT2D eigenvalue weighted by atomic mass is 32.2. The Labute approximate surface area is 104 Å². The highest BCUT2D eigenvalue weighted by Crippen LogP contribution is 2.29. The Morgan fingerprint density at radius 2 is 2.41 bits per heavy atom. The fourth-order valence-electron chi connectivity index (χ4n) is 1.42. The van der Waals surface area contributed by atoms with Gasteiger partial charge in [-0.3, -0.25) is 0 Å². The van der Waals surface area contributed by atoms with E-state index >= 15 is 0 Å². The monoisotopic (exact) mass is 245 g/mol. The van der Waals surface area contributed by atoms with Gasteiger partial charge in [-0.15, -0.1) is 0 Å². The fraction of sp³-hybridized carbons (Fsp3) is 0.167. The van der Waals surface area contributed by atoms with Crippen LogP contribution in [-0.2, 0) is 6.54 Å². The lowest BCUT2D eigenvalue weighted by molar-refractivity contribution is 0.454. The number of hydrogen-bond donors (Lipinski definition) is 1. The number of nitrogens with one attached hydrogen (secondary N) is 1. The van der Waals surface area contributed by atoms with Crippen molar-refractivity contribution in [1.82, 2.24) is 10.3 Å². The van der Waals surface area contributed by atoms with Crippen molar-refractivity contribution < 1.29 is 4.42 Å². The molecule has 0 aliphatic heterocycles. The molecule has 0 unspecified atom stereocenters. The summed E-state index contributed by atoms with van der Waals surface area (Å²) in [7, 11) is 1.88. The van der Waals surface area contributed by atoms with Gasteiger partial charge in [0, 0.05) is 11.4 Å². The van der Waals surface area contributed by atoms with Crippen molar-refractivity contribution in [3.05, 3.63) is 41.8 Å². The molecule has 5 heteroatoms. The first kappa shape index (κ1) is 11.7. The van der Waals surface area contributed by atoms with Crippen molar-refractivity contribution in [2.45, 2.75) is 16.7 Å². The van der Waals surface area contributed by atoms with E-state index in [1.807, 2.05) is 25.2 Å². The van der Waals surface area contributed by atoms with Gasteiger partial charge in [0.1, 0.15) is 12.3 Å². The minimum absolute atomic E-state index is 0.544. The van der Waals surface area contributed by atoms with Gasteiger partial charge in [0.25, 0.3) is 5.22 Å². The van der Waals surface area contributed by atoms with E-state index in [4.69, 9.17) is 9.68 Å². The fourth-order valence-corrected chi connectivity index (χ4v) is 2.18. The van der Waals surface area contributed by atoms with Gasteiger partial charge in [0.15, 0.2) is 0 Å². The van der Waals surface area contributed by atoms with Gasteiger partial charge in [0.05, 0.1) is 11.8 Å². The Kier molecular flexibility index (Phi) is 3.81. The average Bonchev–Trinajstić information content (AvgIpc) is 2.84. The molecular weight excluding hydrogens is 234 g/mol. The van der Waals surface area contributed by atoms with Crippen molar-refractivity contribution in [2.75, 3.05) is 7.05 Å². The second-order valence-electron chi connectivity index (χ2n) is 3.37. The van der Waals surface area contributed by atoms with E-state index < -0.39 is 0 Å². The van der Waals surface area contributed by atoms with E-state index in [0.717, 1.165) is 17.0 Å². The Balaban J connectivity index is 2.25. The molecule has 1 heterocycles. The Bertz CT molecular complexity index is 531. The zero-order valence-electron chi connectivity index (χ0n) is 9.30. The molecule has 0 amide bonds. The van der Waals surface area contributed by atoms with Gasteiger partial charge < -0.3 is 9.73 Å². The summed E-state index contributed by atoms with van der Waals surface area (Å²) >= 11 is 1.35. The second-order valence-corrected chi connectivity index (χ2v) is 4.37. The summed E-state index contributed by atoms with van der Waals surface area (Å²) in [5, 5.41) is 12.7. The maximum atomic E-state index is 9.10. The first-order chi connectivity index (χ1) is 8.33. The molecular formula is C12H11N3OS. The molecule has 17 heavy (non-hydrogen) atoms. The van der Waals surface area contributed by atoms with Crippen LogP contribution in [0.1, 0.15) is 11.1 Å². The summed E-state index contributed by atoms with van der Waals surface area (Å²) in [6.45, 7) is 0.749. The summed E-state index contributed by atoms with van der Waals surface area (Å²) in [6, 6.07) is 7.97. The molecule has 86 valence electrons. The number of nitrogens with zero attached hydrogens (tertiary/aromatic N) is 2. The van der Waals surface area contributed by atoms with Crippen LogP contribution >= 0.6 is 11.8 Å². The number of benzene rings is 1. The first-order valence-electron chi connectivity index (χ1n) is 5.08. The third kappa shape index (κ3) is 2.87. The Morgan fingerprint density at radius 3 is 3.06 bits per heavy atom. The van der Waals surface area contributed by atoms with Crippen LogP contribution in [0.5, 0.6) is 0 Å². The second kappa shape index (κ2) is 5.53. The van der Waals surface area contributed by atoms with Crippen molar-refractivity contribution in [1.29, 1.82) is 5.26 Å². The van der Waals surface area contributed by atoms with Crippen molar-refractivity contribution in [3.8, 4) is 6.07 Å². The number of hydrogen-bond acceptors (Lipinski definition) is 5. The Morgan fingerprint density at radius 1 is 1.53 bits per heavy atom. The lowest BCUT2D eigenvalue weighted by atomic mass is 10.1. The first-order valence-corrected chi connectivity index (χ1v) is 5.90. The maximum absolute atomic E-state index is 9.10. The topological polar surface area (TPSA) is 61.9 Å². The van der Waals surface area contributed by atoms with Crippen LogP contribution in [0.25, 0.3) is 0 Å². The maximum Gasteiger partial charge on any atom is 0.260 e. The molecule has 1 N–H and O–H groups in total. The molecule has 0 saturated carbocycles. The number of nitriles is 1. The quantitative estimate of drug-likeness (QED) is 0.896. The average molecular weight is 245 g/mol. The molecule has 0 aliphatic carbocycles. The van der Waals surface area contributed by atoms with Crippen LogP contribution in [0.2, 0.25) is 0 Å². The summed E-state index contributed by atoms with van der Waals surface area (Å²) in [5.41, 5.74) is 1.72. The van der Waals surface area contributed by atoms with Gasteiger partial charge in [-0.25, -0.2) is 4.98 Å². The van der Waals surface area contributed by atoms with E-state index in [1.54, 1.807) is 6.20 Å². The van der Waals surface area contributed by atoms with Gasteiger partial charge in [-0.05, 0) is 36.5 Å². The SMILES string of the molecule is CNCc1ccc(Sc2ncco2)c(C#N)c1. The minimum atomic E-state index is 0.544.